The third-order valence-electron chi connectivity index (χ3n) is 2.11. The highest BCUT2D eigenvalue weighted by Gasteiger charge is 1.98. The van der Waals surface area contributed by atoms with E-state index < -0.39 is 0 Å². The maximum Gasteiger partial charge on any atom is 0.190 e. The summed E-state index contributed by atoms with van der Waals surface area (Å²) >= 11 is 0. The molecule has 0 spiro atoms. The van der Waals surface area contributed by atoms with E-state index >= 15 is 0 Å². The van der Waals surface area contributed by atoms with E-state index in [1.165, 1.54) is 0 Å². The van der Waals surface area contributed by atoms with Gasteiger partial charge in [0.25, 0.3) is 0 Å². The summed E-state index contributed by atoms with van der Waals surface area (Å²) in [5.74, 6) is 1.53. The van der Waals surface area contributed by atoms with Crippen LogP contribution in [0.25, 0.3) is 0 Å². The molecule has 0 bridgehead atoms. The van der Waals surface area contributed by atoms with Crippen LogP contribution in [0.1, 0.15) is 33.6 Å². The van der Waals surface area contributed by atoms with Gasteiger partial charge in [-0.2, -0.15) is 0 Å². The van der Waals surface area contributed by atoms with Crippen LogP contribution < -0.4 is 10.6 Å². The lowest BCUT2D eigenvalue weighted by molar-refractivity contribution is 0.143. The van der Waals surface area contributed by atoms with E-state index in [1.807, 2.05) is 6.92 Å². The van der Waals surface area contributed by atoms with E-state index in [0.717, 1.165) is 45.1 Å². The van der Waals surface area contributed by atoms with Crippen LogP contribution in [0, 0.1) is 5.92 Å². The molecule has 0 aliphatic heterocycles. The first-order valence-electron chi connectivity index (χ1n) is 6.23. The molecule has 0 amide bonds. The summed E-state index contributed by atoms with van der Waals surface area (Å²) in [4.78, 5) is 4.16. The van der Waals surface area contributed by atoms with Gasteiger partial charge in [0.15, 0.2) is 5.96 Å². The number of aliphatic imine (C=N–C) groups is 1. The first kappa shape index (κ1) is 15.2. The normalized spacial score (nSPS) is 11.9. The third-order valence-corrected chi connectivity index (χ3v) is 2.11. The number of rotatable bonds is 8. The zero-order chi connectivity index (χ0) is 12.2. The Labute approximate surface area is 99.9 Å². The van der Waals surface area contributed by atoms with Crippen LogP contribution in [-0.4, -0.2) is 39.3 Å². The number of nitrogens with one attached hydrogen (secondary N) is 2. The Bertz CT molecular complexity index is 181. The van der Waals surface area contributed by atoms with Crippen LogP contribution in [0.3, 0.4) is 0 Å². The zero-order valence-corrected chi connectivity index (χ0v) is 11.2. The molecule has 0 radical (unpaired) electrons. The molecule has 0 aliphatic rings. The van der Waals surface area contributed by atoms with Crippen molar-refractivity contribution in [2.75, 3.05) is 33.4 Å². The molecule has 0 saturated carbocycles. The SMILES string of the molecule is CCOCCCCNC(=NC)NCC(C)C. The number of guanidine groups is 1. The van der Waals surface area contributed by atoms with E-state index in [0.29, 0.717) is 5.92 Å². The van der Waals surface area contributed by atoms with Crippen molar-refractivity contribution in [3.8, 4) is 0 Å². The summed E-state index contributed by atoms with van der Waals surface area (Å²) in [7, 11) is 1.80. The lowest BCUT2D eigenvalue weighted by atomic mass is 10.2. The van der Waals surface area contributed by atoms with Crippen LogP contribution in [0.5, 0.6) is 0 Å². The Balaban J connectivity index is 3.42. The molecule has 0 unspecified atom stereocenters. The highest BCUT2D eigenvalue weighted by Crippen LogP contribution is 1.89. The summed E-state index contributed by atoms with van der Waals surface area (Å²) in [6.45, 7) is 9.96. The van der Waals surface area contributed by atoms with Crippen LogP contribution >= 0.6 is 0 Å². The first-order valence-corrected chi connectivity index (χ1v) is 6.23. The minimum Gasteiger partial charge on any atom is -0.382 e. The monoisotopic (exact) mass is 229 g/mol. The fourth-order valence-corrected chi connectivity index (χ4v) is 1.20. The van der Waals surface area contributed by atoms with Crippen molar-refractivity contribution in [3.63, 3.8) is 0 Å². The average Bonchev–Trinajstić information content (AvgIpc) is 2.27. The molecule has 0 aromatic heterocycles. The van der Waals surface area contributed by atoms with Crippen LogP contribution in [0.15, 0.2) is 4.99 Å². The van der Waals surface area contributed by atoms with Gasteiger partial charge in [-0.1, -0.05) is 13.8 Å². The molecule has 96 valence electrons. The predicted molar refractivity (Wildman–Crippen MR) is 69.9 cm³/mol. The topological polar surface area (TPSA) is 45.6 Å². The second-order valence-electron chi connectivity index (χ2n) is 4.18. The van der Waals surface area contributed by atoms with Crippen molar-refractivity contribution in [3.05, 3.63) is 0 Å². The molecule has 2 N–H and O–H groups in total. The van der Waals surface area contributed by atoms with Gasteiger partial charge in [0.05, 0.1) is 0 Å². The highest BCUT2D eigenvalue weighted by atomic mass is 16.5. The minimum absolute atomic E-state index is 0.636. The quantitative estimate of drug-likeness (QED) is 0.378. The second-order valence-corrected chi connectivity index (χ2v) is 4.18. The van der Waals surface area contributed by atoms with Crippen molar-refractivity contribution in [2.45, 2.75) is 33.6 Å². The maximum absolute atomic E-state index is 5.27. The highest BCUT2D eigenvalue weighted by molar-refractivity contribution is 5.79. The lowest BCUT2D eigenvalue weighted by Crippen LogP contribution is -2.39. The Hall–Kier alpha value is -0.770. The average molecular weight is 229 g/mol. The van der Waals surface area contributed by atoms with E-state index in [1.54, 1.807) is 7.05 Å². The number of ether oxygens (including phenoxy) is 1. The van der Waals surface area contributed by atoms with Crippen molar-refractivity contribution < 1.29 is 4.74 Å². The summed E-state index contributed by atoms with van der Waals surface area (Å²) in [5.41, 5.74) is 0. The molecule has 0 rings (SSSR count). The fraction of sp³-hybridized carbons (Fsp3) is 0.917. The smallest absolute Gasteiger partial charge is 0.190 e. The zero-order valence-electron chi connectivity index (χ0n) is 11.2. The molecule has 0 saturated heterocycles. The van der Waals surface area contributed by atoms with Gasteiger partial charge in [-0.05, 0) is 25.7 Å². The van der Waals surface area contributed by atoms with Gasteiger partial charge in [0.2, 0.25) is 0 Å². The molecule has 0 heterocycles. The lowest BCUT2D eigenvalue weighted by Gasteiger charge is -2.13. The summed E-state index contributed by atoms with van der Waals surface area (Å²) in [6, 6.07) is 0. The van der Waals surface area contributed by atoms with Crippen molar-refractivity contribution >= 4 is 5.96 Å². The molecule has 16 heavy (non-hydrogen) atoms. The fourth-order valence-electron chi connectivity index (χ4n) is 1.20. The van der Waals surface area contributed by atoms with E-state index in [9.17, 15) is 0 Å². The summed E-state index contributed by atoms with van der Waals surface area (Å²) < 4.78 is 5.27. The summed E-state index contributed by atoms with van der Waals surface area (Å²) in [5, 5.41) is 6.56. The Morgan fingerprint density at radius 2 is 2.00 bits per heavy atom. The standard InChI is InChI=1S/C12H27N3O/c1-5-16-9-7-6-8-14-12(13-4)15-10-11(2)3/h11H,5-10H2,1-4H3,(H2,13,14,15). The molecule has 0 aromatic carbocycles. The van der Waals surface area contributed by atoms with Gasteiger partial charge in [-0.3, -0.25) is 4.99 Å². The van der Waals surface area contributed by atoms with Crippen LogP contribution in [-0.2, 0) is 4.74 Å². The minimum atomic E-state index is 0.636. The molecule has 0 fully saturated rings. The van der Waals surface area contributed by atoms with Crippen LogP contribution in [0.2, 0.25) is 0 Å². The Morgan fingerprint density at radius 1 is 1.25 bits per heavy atom. The van der Waals surface area contributed by atoms with Crippen LogP contribution in [0.4, 0.5) is 0 Å². The third kappa shape index (κ3) is 9.77. The van der Waals surface area contributed by atoms with Gasteiger partial charge in [0.1, 0.15) is 0 Å². The predicted octanol–water partition coefficient (Wildman–Crippen LogP) is 1.62. The molecule has 4 nitrogen and oxygen atoms in total. The maximum atomic E-state index is 5.27. The number of hydrogen-bond donors (Lipinski definition) is 2. The number of nitrogens with zero attached hydrogens (tertiary/aromatic N) is 1. The van der Waals surface area contributed by atoms with E-state index in [2.05, 4.69) is 29.5 Å². The van der Waals surface area contributed by atoms with Crippen molar-refractivity contribution in [1.82, 2.24) is 10.6 Å². The summed E-state index contributed by atoms with van der Waals surface area (Å²) in [6.07, 6.45) is 2.21. The van der Waals surface area contributed by atoms with Gasteiger partial charge >= 0.3 is 0 Å². The molecular weight excluding hydrogens is 202 g/mol. The van der Waals surface area contributed by atoms with E-state index in [-0.39, 0.29) is 0 Å². The molecule has 0 aromatic rings. The Kier molecular flexibility index (Phi) is 10.2. The van der Waals surface area contributed by atoms with Gasteiger partial charge < -0.3 is 15.4 Å². The van der Waals surface area contributed by atoms with Crippen molar-refractivity contribution in [1.29, 1.82) is 0 Å². The molecule has 0 aliphatic carbocycles. The molecular formula is C12H27N3O. The van der Waals surface area contributed by atoms with E-state index in [4.69, 9.17) is 4.74 Å². The van der Waals surface area contributed by atoms with Gasteiger partial charge in [-0.15, -0.1) is 0 Å². The van der Waals surface area contributed by atoms with Gasteiger partial charge in [0, 0.05) is 33.4 Å². The number of unbranched alkanes of at least 4 members (excludes halogenated alkanes) is 1. The Morgan fingerprint density at radius 3 is 2.56 bits per heavy atom. The van der Waals surface area contributed by atoms with Crippen molar-refractivity contribution in [2.24, 2.45) is 10.9 Å². The molecule has 0 atom stereocenters. The number of hydrogen-bond acceptors (Lipinski definition) is 2. The second kappa shape index (κ2) is 10.7. The molecule has 4 heteroatoms. The first-order chi connectivity index (χ1) is 7.70. The largest absolute Gasteiger partial charge is 0.382 e. The van der Waals surface area contributed by atoms with Gasteiger partial charge in [-0.25, -0.2) is 0 Å².